The van der Waals surface area contributed by atoms with Gasteiger partial charge in [-0.2, -0.15) is 0 Å². The summed E-state index contributed by atoms with van der Waals surface area (Å²) in [6.45, 7) is 27.0. The molecule has 0 aliphatic heterocycles. The minimum atomic E-state index is -2.20. The summed E-state index contributed by atoms with van der Waals surface area (Å²) in [4.78, 5) is 17.9. The standard InChI is InChI=1S/C35H61NO6Si/c1-14-39-29(7)41-35(11,28(6)37)22-21-30(42-43(12,13)34(8,9)10)24-32(38)40-33(25(2)3)27(5)19-17-18-26(4)31-20-15-16-23-36-31/h15-20,23,25-26,28-30,33,37H,14,21-22,24H2,1-13H3/b18-17+,27-19+/t26-,28+,29?,30-,33+,35-/m1/s1. The normalized spacial score (nSPS) is 18.3. The minimum absolute atomic E-state index is 0.0265. The number of aliphatic hydroxyl groups is 1. The topological polar surface area (TPSA) is 87.1 Å². The van der Waals surface area contributed by atoms with Gasteiger partial charge < -0.3 is 23.7 Å². The highest BCUT2D eigenvalue weighted by molar-refractivity contribution is 6.74. The number of rotatable bonds is 18. The van der Waals surface area contributed by atoms with E-state index in [2.05, 4.69) is 65.7 Å². The highest BCUT2D eigenvalue weighted by Crippen LogP contribution is 2.39. The molecule has 1 unspecified atom stereocenters. The van der Waals surface area contributed by atoms with Crippen molar-refractivity contribution < 1.29 is 28.5 Å². The third kappa shape index (κ3) is 13.4. The van der Waals surface area contributed by atoms with Gasteiger partial charge in [0.2, 0.25) is 0 Å². The second-order valence-electron chi connectivity index (χ2n) is 13.9. The van der Waals surface area contributed by atoms with Crippen LogP contribution in [0.1, 0.15) is 107 Å². The molecule has 0 amide bonds. The van der Waals surface area contributed by atoms with Crippen LogP contribution in [0.5, 0.6) is 0 Å². The Hall–Kier alpha value is -1.84. The maximum absolute atomic E-state index is 13.5. The molecule has 0 aliphatic rings. The lowest BCUT2D eigenvalue weighted by Gasteiger charge is -2.41. The Morgan fingerprint density at radius 3 is 2.26 bits per heavy atom. The number of hydrogen-bond acceptors (Lipinski definition) is 7. The van der Waals surface area contributed by atoms with Gasteiger partial charge in [-0.15, -0.1) is 0 Å². The van der Waals surface area contributed by atoms with Gasteiger partial charge >= 0.3 is 5.97 Å². The molecular weight excluding hydrogens is 558 g/mol. The van der Waals surface area contributed by atoms with E-state index < -0.39 is 26.3 Å². The van der Waals surface area contributed by atoms with Crippen molar-refractivity contribution in [1.82, 2.24) is 4.98 Å². The number of carbonyl (C=O) groups is 1. The monoisotopic (exact) mass is 619 g/mol. The molecule has 1 aromatic heterocycles. The first kappa shape index (κ1) is 39.2. The van der Waals surface area contributed by atoms with E-state index in [4.69, 9.17) is 18.6 Å². The molecule has 7 nitrogen and oxygen atoms in total. The van der Waals surface area contributed by atoms with Gasteiger partial charge in [-0.3, -0.25) is 9.78 Å². The first-order valence-electron chi connectivity index (χ1n) is 15.9. The summed E-state index contributed by atoms with van der Waals surface area (Å²) in [5.41, 5.74) is 1.13. The van der Waals surface area contributed by atoms with Crippen LogP contribution in [0.2, 0.25) is 18.1 Å². The summed E-state index contributed by atoms with van der Waals surface area (Å²) in [5, 5.41) is 10.6. The summed E-state index contributed by atoms with van der Waals surface area (Å²) >= 11 is 0. The molecule has 0 bridgehead atoms. The fourth-order valence-electron chi connectivity index (χ4n) is 4.60. The number of allylic oxidation sites excluding steroid dienone is 3. The van der Waals surface area contributed by atoms with E-state index in [-0.39, 0.29) is 41.5 Å². The highest BCUT2D eigenvalue weighted by atomic mass is 28.4. The zero-order valence-corrected chi connectivity index (χ0v) is 30.3. The van der Waals surface area contributed by atoms with Crippen molar-refractivity contribution in [1.29, 1.82) is 0 Å². The Kier molecular flexibility index (Phi) is 16.0. The first-order chi connectivity index (χ1) is 19.8. The summed E-state index contributed by atoms with van der Waals surface area (Å²) in [6, 6.07) is 5.92. The van der Waals surface area contributed by atoms with Gasteiger partial charge in [-0.1, -0.05) is 65.8 Å². The van der Waals surface area contributed by atoms with Crippen molar-refractivity contribution in [2.45, 2.75) is 150 Å². The molecule has 246 valence electrons. The van der Waals surface area contributed by atoms with Crippen molar-refractivity contribution in [3.8, 4) is 0 Å². The third-order valence-corrected chi connectivity index (χ3v) is 13.1. The van der Waals surface area contributed by atoms with E-state index in [1.54, 1.807) is 13.1 Å². The van der Waals surface area contributed by atoms with Crippen molar-refractivity contribution in [2.24, 2.45) is 5.92 Å². The summed E-state index contributed by atoms with van der Waals surface area (Å²) < 4.78 is 24.6. The van der Waals surface area contributed by atoms with Crippen LogP contribution in [0, 0.1) is 5.92 Å². The van der Waals surface area contributed by atoms with E-state index in [1.165, 1.54) is 0 Å². The fourth-order valence-corrected chi connectivity index (χ4v) is 5.99. The molecule has 1 N–H and O–H groups in total. The van der Waals surface area contributed by atoms with Gasteiger partial charge in [0, 0.05) is 24.4 Å². The second kappa shape index (κ2) is 17.6. The zero-order chi connectivity index (χ0) is 33.0. The lowest BCUT2D eigenvalue weighted by atomic mass is 9.91. The maximum atomic E-state index is 13.5. The summed E-state index contributed by atoms with van der Waals surface area (Å²) in [7, 11) is -2.20. The number of aromatic nitrogens is 1. The van der Waals surface area contributed by atoms with E-state index in [0.717, 1.165) is 11.3 Å². The lowest BCUT2D eigenvalue weighted by Crippen LogP contribution is -2.47. The predicted molar refractivity (Wildman–Crippen MR) is 178 cm³/mol. The molecule has 8 heteroatoms. The number of carbonyl (C=O) groups excluding carboxylic acids is 1. The quantitative estimate of drug-likeness (QED) is 0.0765. The van der Waals surface area contributed by atoms with E-state index in [0.29, 0.717) is 19.4 Å². The van der Waals surface area contributed by atoms with Gasteiger partial charge in [-0.05, 0) is 89.2 Å². The SMILES string of the molecule is CCOC(C)O[C@](C)(CC[C@H](CC(=O)O[C@H](/C(C)=C/C=C/[C@@H](C)c1ccccn1)C(C)C)O[Si](C)(C)C(C)(C)C)[C@H](C)O. The van der Waals surface area contributed by atoms with Crippen molar-refractivity contribution >= 4 is 14.3 Å². The van der Waals surface area contributed by atoms with Crippen molar-refractivity contribution in [3.05, 3.63) is 53.9 Å². The number of esters is 1. The molecule has 43 heavy (non-hydrogen) atoms. The van der Waals surface area contributed by atoms with E-state index in [1.807, 2.05) is 58.0 Å². The molecule has 0 aromatic carbocycles. The number of ether oxygens (including phenoxy) is 3. The van der Waals surface area contributed by atoms with Crippen LogP contribution in [0.25, 0.3) is 0 Å². The maximum Gasteiger partial charge on any atom is 0.308 e. The van der Waals surface area contributed by atoms with Crippen LogP contribution in [0.4, 0.5) is 0 Å². The largest absolute Gasteiger partial charge is 0.457 e. The molecule has 1 heterocycles. The molecule has 0 aliphatic carbocycles. The Morgan fingerprint density at radius 2 is 1.74 bits per heavy atom. The molecule has 6 atom stereocenters. The lowest BCUT2D eigenvalue weighted by molar-refractivity contribution is -0.225. The number of hydrogen-bond donors (Lipinski definition) is 1. The van der Waals surface area contributed by atoms with Crippen LogP contribution < -0.4 is 0 Å². The summed E-state index contributed by atoms with van der Waals surface area (Å²) in [6.07, 6.45) is 7.19. The average Bonchev–Trinajstić information content (AvgIpc) is 2.89. The zero-order valence-electron chi connectivity index (χ0n) is 29.3. The van der Waals surface area contributed by atoms with Gasteiger partial charge in [0.05, 0.1) is 24.2 Å². The Morgan fingerprint density at radius 1 is 1.09 bits per heavy atom. The predicted octanol–water partition coefficient (Wildman–Crippen LogP) is 8.35. The molecular formula is C35H61NO6Si. The van der Waals surface area contributed by atoms with Crippen LogP contribution in [0.15, 0.2) is 48.2 Å². The number of nitrogens with zero attached hydrogens (tertiary/aromatic N) is 1. The van der Waals surface area contributed by atoms with Crippen LogP contribution in [0.3, 0.4) is 0 Å². The molecule has 0 spiro atoms. The Balaban J connectivity index is 3.09. The Labute approximate surface area is 263 Å². The average molecular weight is 620 g/mol. The van der Waals surface area contributed by atoms with Gasteiger partial charge in [0.15, 0.2) is 14.6 Å². The van der Waals surface area contributed by atoms with Gasteiger partial charge in [0.25, 0.3) is 0 Å². The number of pyridine rings is 1. The molecule has 0 saturated carbocycles. The summed E-state index contributed by atoms with van der Waals surface area (Å²) in [5.74, 6) is -0.0109. The fraction of sp³-hybridized carbons (Fsp3) is 0.714. The van der Waals surface area contributed by atoms with Gasteiger partial charge in [0.1, 0.15) is 6.10 Å². The highest BCUT2D eigenvalue weighted by Gasteiger charge is 2.41. The third-order valence-electron chi connectivity index (χ3n) is 8.57. The van der Waals surface area contributed by atoms with E-state index in [9.17, 15) is 9.90 Å². The first-order valence-corrected chi connectivity index (χ1v) is 18.8. The molecule has 0 saturated heterocycles. The molecule has 1 aromatic rings. The van der Waals surface area contributed by atoms with E-state index >= 15 is 0 Å². The molecule has 1 rings (SSSR count). The Bertz CT molecular complexity index is 1020. The van der Waals surface area contributed by atoms with Gasteiger partial charge in [-0.25, -0.2) is 0 Å². The van der Waals surface area contributed by atoms with Crippen LogP contribution >= 0.6 is 0 Å². The smallest absolute Gasteiger partial charge is 0.308 e. The second-order valence-corrected chi connectivity index (χ2v) is 18.6. The number of aliphatic hydroxyl groups excluding tert-OH is 1. The minimum Gasteiger partial charge on any atom is -0.457 e. The molecule has 0 radical (unpaired) electrons. The van der Waals surface area contributed by atoms with Crippen molar-refractivity contribution in [2.75, 3.05) is 6.61 Å². The van der Waals surface area contributed by atoms with Crippen LogP contribution in [-0.4, -0.2) is 61.2 Å². The van der Waals surface area contributed by atoms with Crippen molar-refractivity contribution in [3.63, 3.8) is 0 Å². The van der Waals surface area contributed by atoms with Crippen LogP contribution in [-0.2, 0) is 23.4 Å². The molecule has 0 fully saturated rings.